The third kappa shape index (κ3) is 2.83. The Kier molecular flexibility index (Phi) is 3.42. The van der Waals surface area contributed by atoms with Crippen LogP contribution >= 0.6 is 0 Å². The molecule has 1 aliphatic rings. The van der Waals surface area contributed by atoms with E-state index in [2.05, 4.69) is 15.5 Å². The fourth-order valence-corrected chi connectivity index (χ4v) is 1.96. The highest BCUT2D eigenvalue weighted by Crippen LogP contribution is 2.28. The number of nitrogens with one attached hydrogen (secondary N) is 1. The summed E-state index contributed by atoms with van der Waals surface area (Å²) in [4.78, 5) is 14.7. The third-order valence-corrected chi connectivity index (χ3v) is 3.22. The number of aromatic nitrogens is 2. The lowest BCUT2D eigenvalue weighted by atomic mass is 10.2. The van der Waals surface area contributed by atoms with Crippen LogP contribution < -0.4 is 5.32 Å². The Balaban J connectivity index is 1.73. The molecule has 0 saturated heterocycles. The normalized spacial score (nSPS) is 14.4. The fourth-order valence-electron chi connectivity index (χ4n) is 1.96. The maximum atomic E-state index is 11.0. The topological polar surface area (TPSA) is 94.1 Å². The molecule has 1 N–H and O–H groups in total. The molecule has 1 aromatic carbocycles. The highest BCUT2D eigenvalue weighted by Gasteiger charge is 2.21. The van der Waals surface area contributed by atoms with Crippen molar-refractivity contribution in [1.82, 2.24) is 15.5 Å². The first-order chi connectivity index (χ1) is 9.74. The van der Waals surface area contributed by atoms with Crippen LogP contribution in [0.2, 0.25) is 0 Å². The van der Waals surface area contributed by atoms with E-state index in [1.165, 1.54) is 18.9 Å². The second kappa shape index (κ2) is 5.38. The first kappa shape index (κ1) is 12.7. The van der Waals surface area contributed by atoms with Gasteiger partial charge in [-0.3, -0.25) is 10.1 Å². The Labute approximate surface area is 115 Å². The van der Waals surface area contributed by atoms with Gasteiger partial charge in [-0.25, -0.2) is 0 Å². The maximum absolute atomic E-state index is 11.0. The molecule has 1 heterocycles. The van der Waals surface area contributed by atoms with Gasteiger partial charge in [0.05, 0.1) is 11.5 Å². The minimum absolute atomic E-state index is 0.0224. The van der Waals surface area contributed by atoms with Gasteiger partial charge in [-0.15, -0.1) is 0 Å². The zero-order valence-electron chi connectivity index (χ0n) is 10.8. The van der Waals surface area contributed by atoms with Gasteiger partial charge in [-0.1, -0.05) is 17.3 Å². The van der Waals surface area contributed by atoms with Crippen LogP contribution in [0.4, 0.5) is 5.69 Å². The summed E-state index contributed by atoms with van der Waals surface area (Å²) in [5.41, 5.74) is 0.348. The molecule has 0 atom stereocenters. The molecular formula is C13H14N4O3. The molecule has 7 nitrogen and oxygen atoms in total. The molecule has 0 spiro atoms. The molecule has 0 radical (unpaired) electrons. The van der Waals surface area contributed by atoms with Crippen molar-refractivity contribution in [2.75, 3.05) is 6.54 Å². The average Bonchev–Trinajstić information content (AvgIpc) is 3.15. The van der Waals surface area contributed by atoms with Gasteiger partial charge in [-0.2, -0.15) is 4.98 Å². The summed E-state index contributed by atoms with van der Waals surface area (Å²) in [6, 6.07) is 6.37. The number of nitrogens with zero attached hydrogens (tertiary/aromatic N) is 3. The highest BCUT2D eigenvalue weighted by atomic mass is 16.6. The molecular weight excluding hydrogens is 260 g/mol. The third-order valence-electron chi connectivity index (χ3n) is 3.22. The van der Waals surface area contributed by atoms with Crippen molar-refractivity contribution >= 4 is 5.69 Å². The van der Waals surface area contributed by atoms with E-state index < -0.39 is 4.92 Å². The molecule has 1 aliphatic carbocycles. The van der Waals surface area contributed by atoms with Crippen LogP contribution in [0.5, 0.6) is 0 Å². The summed E-state index contributed by atoms with van der Waals surface area (Å²) in [6.45, 7) is 1.44. The summed E-state index contributed by atoms with van der Waals surface area (Å²) in [5, 5.41) is 18.0. The molecule has 0 bridgehead atoms. The Hall–Kier alpha value is -2.28. The van der Waals surface area contributed by atoms with Crippen molar-refractivity contribution < 1.29 is 9.45 Å². The van der Waals surface area contributed by atoms with E-state index in [4.69, 9.17) is 4.52 Å². The van der Waals surface area contributed by atoms with Crippen LogP contribution in [-0.4, -0.2) is 21.6 Å². The van der Waals surface area contributed by atoms with Crippen LogP contribution in [0, 0.1) is 16.0 Å². The number of para-hydroxylation sites is 1. The Morgan fingerprint density at radius 3 is 2.95 bits per heavy atom. The van der Waals surface area contributed by atoms with E-state index in [-0.39, 0.29) is 11.5 Å². The van der Waals surface area contributed by atoms with Gasteiger partial charge in [0.15, 0.2) is 0 Å². The fraction of sp³-hybridized carbons (Fsp3) is 0.385. The van der Waals surface area contributed by atoms with Gasteiger partial charge in [0.25, 0.3) is 5.69 Å². The molecule has 1 aromatic heterocycles. The van der Waals surface area contributed by atoms with Crippen molar-refractivity contribution in [3.63, 3.8) is 0 Å². The molecule has 1 fully saturated rings. The van der Waals surface area contributed by atoms with Crippen molar-refractivity contribution in [1.29, 1.82) is 0 Å². The second-order valence-corrected chi connectivity index (χ2v) is 4.86. The predicted molar refractivity (Wildman–Crippen MR) is 70.8 cm³/mol. The Morgan fingerprint density at radius 2 is 2.20 bits per heavy atom. The Morgan fingerprint density at radius 1 is 1.40 bits per heavy atom. The number of rotatable bonds is 6. The van der Waals surface area contributed by atoms with Crippen LogP contribution in [0.25, 0.3) is 11.4 Å². The molecule has 7 heteroatoms. The summed E-state index contributed by atoms with van der Waals surface area (Å²) in [5.74, 6) is 1.46. The minimum atomic E-state index is -0.448. The number of hydrogen-bond acceptors (Lipinski definition) is 6. The van der Waals surface area contributed by atoms with Gasteiger partial charge in [0.2, 0.25) is 11.7 Å². The average molecular weight is 274 g/mol. The molecule has 2 aromatic rings. The smallest absolute Gasteiger partial charge is 0.280 e. The van der Waals surface area contributed by atoms with Crippen LogP contribution in [0.1, 0.15) is 18.7 Å². The lowest BCUT2D eigenvalue weighted by molar-refractivity contribution is -0.384. The van der Waals surface area contributed by atoms with Gasteiger partial charge >= 0.3 is 0 Å². The zero-order chi connectivity index (χ0) is 13.9. The quantitative estimate of drug-likeness (QED) is 0.640. The Bertz CT molecular complexity index is 622. The zero-order valence-corrected chi connectivity index (χ0v) is 10.8. The van der Waals surface area contributed by atoms with Crippen molar-refractivity contribution in [3.05, 3.63) is 40.3 Å². The lowest BCUT2D eigenvalue weighted by Gasteiger charge is -1.97. The van der Waals surface area contributed by atoms with E-state index in [1.54, 1.807) is 18.2 Å². The van der Waals surface area contributed by atoms with Crippen LogP contribution in [-0.2, 0) is 6.54 Å². The van der Waals surface area contributed by atoms with Gasteiger partial charge in [0.1, 0.15) is 5.56 Å². The first-order valence-electron chi connectivity index (χ1n) is 6.51. The number of hydrogen-bond donors (Lipinski definition) is 1. The van der Waals surface area contributed by atoms with Crippen LogP contribution in [0.3, 0.4) is 0 Å². The molecule has 0 aliphatic heterocycles. The highest BCUT2D eigenvalue weighted by molar-refractivity contribution is 5.67. The molecule has 0 unspecified atom stereocenters. The molecule has 104 valence electrons. The molecule has 20 heavy (non-hydrogen) atoms. The van der Waals surface area contributed by atoms with E-state index in [0.717, 1.165) is 12.5 Å². The minimum Gasteiger partial charge on any atom is -0.338 e. The van der Waals surface area contributed by atoms with E-state index >= 15 is 0 Å². The van der Waals surface area contributed by atoms with Crippen molar-refractivity contribution in [3.8, 4) is 11.4 Å². The van der Waals surface area contributed by atoms with E-state index in [0.29, 0.717) is 18.0 Å². The van der Waals surface area contributed by atoms with Crippen molar-refractivity contribution in [2.45, 2.75) is 19.4 Å². The second-order valence-electron chi connectivity index (χ2n) is 4.86. The summed E-state index contributed by atoms with van der Waals surface area (Å²) >= 11 is 0. The van der Waals surface area contributed by atoms with Crippen molar-refractivity contribution in [2.24, 2.45) is 5.92 Å². The summed E-state index contributed by atoms with van der Waals surface area (Å²) < 4.78 is 5.11. The van der Waals surface area contributed by atoms with E-state index in [9.17, 15) is 10.1 Å². The van der Waals surface area contributed by atoms with Gasteiger partial charge < -0.3 is 9.84 Å². The number of nitro benzene ring substituents is 1. The van der Waals surface area contributed by atoms with Crippen LogP contribution in [0.15, 0.2) is 28.8 Å². The lowest BCUT2D eigenvalue weighted by Crippen LogP contribution is -2.16. The first-order valence-corrected chi connectivity index (χ1v) is 6.51. The standard InChI is InChI=1S/C13H14N4O3/c18-17(19)11-4-2-1-3-10(11)13-15-12(20-16-13)8-14-7-9-5-6-9/h1-4,9,14H,5-8H2. The van der Waals surface area contributed by atoms with Gasteiger partial charge in [0, 0.05) is 6.07 Å². The predicted octanol–water partition coefficient (Wildman–Crippen LogP) is 2.14. The molecule has 0 amide bonds. The maximum Gasteiger partial charge on any atom is 0.280 e. The molecule has 1 saturated carbocycles. The van der Waals surface area contributed by atoms with E-state index in [1.807, 2.05) is 0 Å². The number of nitro groups is 1. The molecule has 3 rings (SSSR count). The summed E-state index contributed by atoms with van der Waals surface area (Å²) in [7, 11) is 0. The summed E-state index contributed by atoms with van der Waals surface area (Å²) in [6.07, 6.45) is 2.55. The SMILES string of the molecule is O=[N+]([O-])c1ccccc1-c1noc(CNCC2CC2)n1. The number of benzene rings is 1. The largest absolute Gasteiger partial charge is 0.338 e. The van der Waals surface area contributed by atoms with Gasteiger partial charge in [-0.05, 0) is 31.4 Å². The monoisotopic (exact) mass is 274 g/mol.